The second-order valence-electron chi connectivity index (χ2n) is 8.67. The summed E-state index contributed by atoms with van der Waals surface area (Å²) >= 11 is 0. The molecule has 27 heavy (non-hydrogen) atoms. The molecule has 1 fully saturated rings. The highest BCUT2D eigenvalue weighted by Gasteiger charge is 2.52. The Labute approximate surface area is 160 Å². The van der Waals surface area contributed by atoms with Crippen LogP contribution in [-0.4, -0.2) is 45.6 Å². The van der Waals surface area contributed by atoms with Crippen molar-refractivity contribution in [3.05, 3.63) is 35.4 Å². The first kappa shape index (κ1) is 21.4. The summed E-state index contributed by atoms with van der Waals surface area (Å²) in [6.45, 7) is 7.69. The molecule has 2 rings (SSSR count). The van der Waals surface area contributed by atoms with Gasteiger partial charge in [-0.3, -0.25) is 4.79 Å². The number of aliphatic hydroxyl groups is 2. The summed E-state index contributed by atoms with van der Waals surface area (Å²) in [6.07, 6.45) is 0.896. The van der Waals surface area contributed by atoms with E-state index < -0.39 is 30.1 Å². The molecule has 1 aromatic carbocycles. The maximum atomic E-state index is 12.2. The SMILES string of the molecule is CC(O)(CCOC(=O)c1ccc(C2(C)C(O)CCC2(C)C)cc1)CC(=O)O. The van der Waals surface area contributed by atoms with Crippen molar-refractivity contribution >= 4 is 11.9 Å². The lowest BCUT2D eigenvalue weighted by Gasteiger charge is -2.41. The van der Waals surface area contributed by atoms with Crippen molar-refractivity contribution in [1.29, 1.82) is 0 Å². The van der Waals surface area contributed by atoms with Gasteiger partial charge in [0.05, 0.1) is 30.3 Å². The average molecular weight is 378 g/mol. The van der Waals surface area contributed by atoms with Crippen LogP contribution in [0.2, 0.25) is 0 Å². The van der Waals surface area contributed by atoms with Gasteiger partial charge in [-0.2, -0.15) is 0 Å². The largest absolute Gasteiger partial charge is 0.481 e. The van der Waals surface area contributed by atoms with Gasteiger partial charge in [-0.25, -0.2) is 4.79 Å². The molecule has 6 nitrogen and oxygen atoms in total. The van der Waals surface area contributed by atoms with Gasteiger partial charge in [0.15, 0.2) is 0 Å². The molecule has 1 aliphatic carbocycles. The van der Waals surface area contributed by atoms with E-state index in [9.17, 15) is 19.8 Å². The minimum atomic E-state index is -1.42. The van der Waals surface area contributed by atoms with Crippen molar-refractivity contribution in [3.63, 3.8) is 0 Å². The Bertz CT molecular complexity index is 691. The molecule has 0 radical (unpaired) electrons. The number of ether oxygens (including phenoxy) is 1. The molecule has 3 unspecified atom stereocenters. The Balaban J connectivity index is 2.01. The number of aliphatic hydroxyl groups excluding tert-OH is 1. The van der Waals surface area contributed by atoms with Gasteiger partial charge in [0.25, 0.3) is 0 Å². The molecule has 3 N–H and O–H groups in total. The maximum Gasteiger partial charge on any atom is 0.338 e. The second-order valence-corrected chi connectivity index (χ2v) is 8.67. The number of carbonyl (C=O) groups excluding carboxylic acids is 1. The monoisotopic (exact) mass is 378 g/mol. The second kappa shape index (κ2) is 7.60. The molecule has 3 atom stereocenters. The van der Waals surface area contributed by atoms with Crippen molar-refractivity contribution in [1.82, 2.24) is 0 Å². The summed E-state index contributed by atoms with van der Waals surface area (Å²) in [5.41, 5.74) is -0.492. The molecule has 0 heterocycles. The molecule has 6 heteroatoms. The lowest BCUT2D eigenvalue weighted by molar-refractivity contribution is -0.142. The zero-order valence-corrected chi connectivity index (χ0v) is 16.5. The number of aliphatic carboxylic acids is 1. The third kappa shape index (κ3) is 4.50. The molecule has 0 saturated heterocycles. The topological polar surface area (TPSA) is 104 Å². The van der Waals surface area contributed by atoms with Crippen molar-refractivity contribution in [2.45, 2.75) is 70.5 Å². The fourth-order valence-electron chi connectivity index (χ4n) is 3.89. The molecule has 0 bridgehead atoms. The summed E-state index contributed by atoms with van der Waals surface area (Å²) in [5.74, 6) is -1.63. The van der Waals surface area contributed by atoms with E-state index in [4.69, 9.17) is 9.84 Å². The number of carboxylic acids is 1. The first-order valence-corrected chi connectivity index (χ1v) is 9.29. The van der Waals surface area contributed by atoms with E-state index in [0.29, 0.717) is 5.56 Å². The summed E-state index contributed by atoms with van der Waals surface area (Å²) < 4.78 is 5.16. The third-order valence-corrected chi connectivity index (χ3v) is 6.24. The van der Waals surface area contributed by atoms with Crippen molar-refractivity contribution in [2.75, 3.05) is 6.61 Å². The molecule has 0 aliphatic heterocycles. The van der Waals surface area contributed by atoms with Crippen LogP contribution in [0.3, 0.4) is 0 Å². The minimum absolute atomic E-state index is 0.0432. The number of rotatable bonds is 7. The lowest BCUT2D eigenvalue weighted by atomic mass is 9.64. The Hall–Kier alpha value is -1.92. The third-order valence-electron chi connectivity index (χ3n) is 6.24. The Morgan fingerprint density at radius 3 is 2.30 bits per heavy atom. The van der Waals surface area contributed by atoms with Crippen LogP contribution in [0.15, 0.2) is 24.3 Å². The predicted octanol–water partition coefficient (Wildman–Crippen LogP) is 2.90. The molecule has 1 aromatic rings. The zero-order valence-electron chi connectivity index (χ0n) is 16.5. The highest BCUT2D eigenvalue weighted by molar-refractivity contribution is 5.89. The predicted molar refractivity (Wildman–Crippen MR) is 101 cm³/mol. The summed E-state index contributed by atoms with van der Waals surface area (Å²) in [6, 6.07) is 7.07. The highest BCUT2D eigenvalue weighted by Crippen LogP contribution is 2.53. The van der Waals surface area contributed by atoms with Gasteiger partial charge in [0.2, 0.25) is 0 Å². The van der Waals surface area contributed by atoms with E-state index in [1.807, 2.05) is 12.1 Å². The van der Waals surface area contributed by atoms with Gasteiger partial charge in [-0.05, 0) is 42.9 Å². The average Bonchev–Trinajstić information content (AvgIpc) is 2.77. The highest BCUT2D eigenvalue weighted by atomic mass is 16.5. The van der Waals surface area contributed by atoms with Gasteiger partial charge < -0.3 is 20.1 Å². The summed E-state index contributed by atoms with van der Waals surface area (Å²) in [5, 5.41) is 29.2. The number of benzene rings is 1. The standard InChI is InChI=1S/C21H30O6/c1-19(2)10-9-16(22)21(19,4)15-7-5-14(6-8-15)18(25)27-12-11-20(3,26)13-17(23)24/h5-8,16,22,26H,9-13H2,1-4H3,(H,23,24). The summed E-state index contributed by atoms with van der Waals surface area (Å²) in [7, 11) is 0. The minimum Gasteiger partial charge on any atom is -0.481 e. The first-order chi connectivity index (χ1) is 12.4. The molecule has 1 saturated carbocycles. The van der Waals surface area contributed by atoms with Crippen LogP contribution in [-0.2, 0) is 14.9 Å². The fourth-order valence-corrected chi connectivity index (χ4v) is 3.89. The van der Waals surface area contributed by atoms with Gasteiger partial charge in [-0.15, -0.1) is 0 Å². The summed E-state index contributed by atoms with van der Waals surface area (Å²) in [4.78, 5) is 22.9. The lowest BCUT2D eigenvalue weighted by Crippen LogP contribution is -2.42. The van der Waals surface area contributed by atoms with Gasteiger partial charge in [0.1, 0.15) is 0 Å². The number of carbonyl (C=O) groups is 2. The number of hydrogen-bond acceptors (Lipinski definition) is 5. The van der Waals surface area contributed by atoms with Crippen LogP contribution < -0.4 is 0 Å². The Morgan fingerprint density at radius 1 is 1.22 bits per heavy atom. The molecule has 0 aromatic heterocycles. The Kier molecular flexibility index (Phi) is 6.02. The normalized spacial score (nSPS) is 26.4. The van der Waals surface area contributed by atoms with Crippen LogP contribution >= 0.6 is 0 Å². The smallest absolute Gasteiger partial charge is 0.338 e. The van der Waals surface area contributed by atoms with E-state index in [2.05, 4.69) is 20.8 Å². The van der Waals surface area contributed by atoms with E-state index in [1.54, 1.807) is 12.1 Å². The quantitative estimate of drug-likeness (QED) is 0.630. The van der Waals surface area contributed by atoms with Crippen LogP contribution in [0.5, 0.6) is 0 Å². The number of carboxylic acid groups (broad SMARTS) is 1. The maximum absolute atomic E-state index is 12.2. The molecule has 150 valence electrons. The van der Waals surface area contributed by atoms with Gasteiger partial charge in [0, 0.05) is 11.8 Å². The number of hydrogen-bond donors (Lipinski definition) is 3. The van der Waals surface area contributed by atoms with Crippen molar-refractivity contribution in [3.8, 4) is 0 Å². The van der Waals surface area contributed by atoms with Gasteiger partial charge in [-0.1, -0.05) is 32.9 Å². The fraction of sp³-hybridized carbons (Fsp3) is 0.619. The van der Waals surface area contributed by atoms with Crippen LogP contribution in [0.4, 0.5) is 0 Å². The molecular formula is C21H30O6. The van der Waals surface area contributed by atoms with E-state index in [0.717, 1.165) is 18.4 Å². The molecule has 1 aliphatic rings. The van der Waals surface area contributed by atoms with Crippen LogP contribution in [0.25, 0.3) is 0 Å². The van der Waals surface area contributed by atoms with Crippen molar-refractivity contribution < 1.29 is 29.6 Å². The van der Waals surface area contributed by atoms with E-state index >= 15 is 0 Å². The first-order valence-electron chi connectivity index (χ1n) is 9.29. The van der Waals surface area contributed by atoms with Crippen LogP contribution in [0.1, 0.15) is 69.3 Å². The van der Waals surface area contributed by atoms with Gasteiger partial charge >= 0.3 is 11.9 Å². The molecule has 0 spiro atoms. The Morgan fingerprint density at radius 2 is 1.81 bits per heavy atom. The zero-order chi connectivity index (χ0) is 20.5. The number of esters is 1. The van der Waals surface area contributed by atoms with Crippen LogP contribution in [0, 0.1) is 5.41 Å². The van der Waals surface area contributed by atoms with E-state index in [1.165, 1.54) is 6.92 Å². The van der Waals surface area contributed by atoms with E-state index in [-0.39, 0.29) is 23.9 Å². The molecule has 0 amide bonds. The van der Waals surface area contributed by atoms with Crippen molar-refractivity contribution in [2.24, 2.45) is 5.41 Å². The molecular weight excluding hydrogens is 348 g/mol.